The Morgan fingerprint density at radius 1 is 1.30 bits per heavy atom. The van der Waals surface area contributed by atoms with Gasteiger partial charge in [0.05, 0.1) is 11.0 Å². The summed E-state index contributed by atoms with van der Waals surface area (Å²) in [6.07, 6.45) is 1.75. The van der Waals surface area contributed by atoms with Crippen molar-refractivity contribution in [3.05, 3.63) is 58.7 Å². The third-order valence-electron chi connectivity index (χ3n) is 3.82. The summed E-state index contributed by atoms with van der Waals surface area (Å²) in [5.74, 6) is 0.716. The molecule has 0 aliphatic carbocycles. The Labute approximate surface area is 169 Å². The molecule has 0 aliphatic rings. The molecule has 0 aliphatic heterocycles. The molecule has 27 heavy (non-hydrogen) atoms. The Balaban J connectivity index is 0.00000261. The Morgan fingerprint density at radius 2 is 2.07 bits per heavy atom. The molecule has 0 bridgehead atoms. The summed E-state index contributed by atoms with van der Waals surface area (Å²) in [4.78, 5) is 2.05. The number of aromatic nitrogens is 1. The van der Waals surface area contributed by atoms with Gasteiger partial charge < -0.3 is 14.2 Å². The van der Waals surface area contributed by atoms with E-state index in [1.807, 2.05) is 43.3 Å². The molecule has 0 radical (unpaired) electrons. The van der Waals surface area contributed by atoms with E-state index in [4.69, 9.17) is 20.9 Å². The van der Waals surface area contributed by atoms with Crippen LogP contribution in [0.1, 0.15) is 11.3 Å². The first-order valence-corrected chi connectivity index (χ1v) is 8.50. The first-order chi connectivity index (χ1) is 12.6. The molecule has 0 spiro atoms. The van der Waals surface area contributed by atoms with Crippen LogP contribution in [0.25, 0.3) is 22.6 Å². The van der Waals surface area contributed by atoms with E-state index in [2.05, 4.69) is 11.2 Å². The van der Waals surface area contributed by atoms with Gasteiger partial charge in [-0.05, 0) is 44.4 Å². The van der Waals surface area contributed by atoms with Crippen LogP contribution in [0.5, 0.6) is 5.75 Å². The van der Waals surface area contributed by atoms with Gasteiger partial charge in [-0.15, -0.1) is 12.4 Å². The van der Waals surface area contributed by atoms with Crippen molar-refractivity contribution in [2.24, 2.45) is 0 Å². The maximum atomic E-state index is 9.65. The van der Waals surface area contributed by atoms with E-state index in [-0.39, 0.29) is 12.4 Å². The zero-order chi connectivity index (χ0) is 18.5. The molecule has 7 heteroatoms. The molecule has 140 valence electrons. The first kappa shape index (κ1) is 20.8. The van der Waals surface area contributed by atoms with E-state index < -0.39 is 0 Å². The van der Waals surface area contributed by atoms with Crippen molar-refractivity contribution in [1.82, 2.24) is 10.1 Å². The monoisotopic (exact) mass is 403 g/mol. The maximum Gasteiger partial charge on any atom is 0.167 e. The molecule has 0 unspecified atom stereocenters. The highest BCUT2D eigenvalue weighted by atomic mass is 35.5. The number of nitriles is 1. The quantitative estimate of drug-likeness (QED) is 0.547. The third kappa shape index (κ3) is 5.01. The van der Waals surface area contributed by atoms with Crippen LogP contribution in [0.3, 0.4) is 0 Å². The standard InChI is InChI=1S/C20H18ClN3O2.ClH/c1-24(2)9-10-25-18-6-4-3-5-14(18)11-15(13-22)20-17-12-16(21)7-8-19(17)26-23-20;/h3-8,11-12H,9-10H2,1-2H3;1H/b15-11+;. The fourth-order valence-electron chi connectivity index (χ4n) is 2.48. The Hall–Kier alpha value is -2.52. The van der Waals surface area contributed by atoms with Crippen molar-refractivity contribution in [2.75, 3.05) is 27.2 Å². The summed E-state index contributed by atoms with van der Waals surface area (Å²) >= 11 is 6.07. The zero-order valence-corrected chi connectivity index (χ0v) is 16.5. The number of fused-ring (bicyclic) bond motifs is 1. The number of rotatable bonds is 6. The van der Waals surface area contributed by atoms with Crippen molar-refractivity contribution in [3.8, 4) is 11.8 Å². The van der Waals surface area contributed by atoms with Crippen LogP contribution in [0, 0.1) is 11.3 Å². The van der Waals surface area contributed by atoms with Crippen LogP contribution < -0.4 is 4.74 Å². The smallest absolute Gasteiger partial charge is 0.167 e. The Bertz CT molecular complexity index is 990. The molecule has 3 aromatic rings. The van der Waals surface area contributed by atoms with E-state index in [9.17, 15) is 5.26 Å². The highest BCUT2D eigenvalue weighted by Crippen LogP contribution is 2.30. The molecule has 1 heterocycles. The summed E-state index contributed by atoms with van der Waals surface area (Å²) in [5, 5.41) is 15.0. The van der Waals surface area contributed by atoms with Crippen molar-refractivity contribution in [1.29, 1.82) is 5.26 Å². The molecule has 0 N–H and O–H groups in total. The number of benzene rings is 2. The highest BCUT2D eigenvalue weighted by molar-refractivity contribution is 6.31. The lowest BCUT2D eigenvalue weighted by Gasteiger charge is -2.12. The third-order valence-corrected chi connectivity index (χ3v) is 4.06. The van der Waals surface area contributed by atoms with Gasteiger partial charge in [0.2, 0.25) is 0 Å². The van der Waals surface area contributed by atoms with Gasteiger partial charge in [-0.25, -0.2) is 0 Å². The van der Waals surface area contributed by atoms with Crippen molar-refractivity contribution < 1.29 is 9.26 Å². The van der Waals surface area contributed by atoms with E-state index in [1.165, 1.54) is 0 Å². The number of hydrogen-bond donors (Lipinski definition) is 0. The molecular formula is C20H19Cl2N3O2. The van der Waals surface area contributed by atoms with Gasteiger partial charge in [0.25, 0.3) is 0 Å². The van der Waals surface area contributed by atoms with E-state index in [0.717, 1.165) is 12.1 Å². The lowest BCUT2D eigenvalue weighted by Crippen LogP contribution is -2.19. The molecule has 0 amide bonds. The van der Waals surface area contributed by atoms with Crippen LogP contribution in [-0.2, 0) is 0 Å². The largest absolute Gasteiger partial charge is 0.492 e. The molecular weight excluding hydrogens is 385 g/mol. The average Bonchev–Trinajstić information content (AvgIpc) is 3.03. The van der Waals surface area contributed by atoms with Crippen molar-refractivity contribution in [2.45, 2.75) is 0 Å². The van der Waals surface area contributed by atoms with Gasteiger partial charge >= 0.3 is 0 Å². The minimum Gasteiger partial charge on any atom is -0.492 e. The van der Waals surface area contributed by atoms with Crippen molar-refractivity contribution >= 4 is 46.6 Å². The normalized spacial score (nSPS) is 11.3. The molecule has 1 aromatic heterocycles. The van der Waals surface area contributed by atoms with E-state index in [0.29, 0.717) is 39.6 Å². The second-order valence-corrected chi connectivity index (χ2v) is 6.47. The van der Waals surface area contributed by atoms with Crippen LogP contribution in [0.2, 0.25) is 5.02 Å². The summed E-state index contributed by atoms with van der Waals surface area (Å²) in [7, 11) is 3.98. The summed E-state index contributed by atoms with van der Waals surface area (Å²) in [6, 6.07) is 15.0. The number of hydrogen-bond acceptors (Lipinski definition) is 5. The van der Waals surface area contributed by atoms with Crippen LogP contribution in [0.4, 0.5) is 0 Å². The molecule has 3 rings (SSSR count). The lowest BCUT2D eigenvalue weighted by atomic mass is 10.1. The van der Waals surface area contributed by atoms with Crippen LogP contribution >= 0.6 is 24.0 Å². The van der Waals surface area contributed by atoms with Gasteiger partial charge in [0, 0.05) is 17.1 Å². The number of nitrogens with zero attached hydrogens (tertiary/aromatic N) is 3. The molecule has 0 saturated carbocycles. The summed E-state index contributed by atoms with van der Waals surface area (Å²) < 4.78 is 11.2. The zero-order valence-electron chi connectivity index (χ0n) is 15.0. The SMILES string of the molecule is CN(C)CCOc1ccccc1/C=C(\C#N)c1noc2ccc(Cl)cc12.Cl. The molecule has 0 fully saturated rings. The van der Waals surface area contributed by atoms with Crippen LogP contribution in [0.15, 0.2) is 47.0 Å². The first-order valence-electron chi connectivity index (χ1n) is 8.12. The maximum absolute atomic E-state index is 9.65. The highest BCUT2D eigenvalue weighted by Gasteiger charge is 2.14. The second kappa shape index (κ2) is 9.43. The fraction of sp³-hybridized carbons (Fsp3) is 0.200. The molecule has 0 saturated heterocycles. The molecule has 5 nitrogen and oxygen atoms in total. The van der Waals surface area contributed by atoms with Gasteiger partial charge in [-0.1, -0.05) is 35.0 Å². The predicted molar refractivity (Wildman–Crippen MR) is 110 cm³/mol. The number of halogens is 2. The number of para-hydroxylation sites is 1. The molecule has 0 atom stereocenters. The number of ether oxygens (including phenoxy) is 1. The average molecular weight is 404 g/mol. The topological polar surface area (TPSA) is 62.3 Å². The minimum absolute atomic E-state index is 0. The lowest BCUT2D eigenvalue weighted by molar-refractivity contribution is 0.261. The van der Waals surface area contributed by atoms with E-state index >= 15 is 0 Å². The predicted octanol–water partition coefficient (Wildman–Crippen LogP) is 4.91. The summed E-state index contributed by atoms with van der Waals surface area (Å²) in [6.45, 7) is 1.36. The van der Waals surface area contributed by atoms with Gasteiger partial charge in [-0.3, -0.25) is 0 Å². The van der Waals surface area contributed by atoms with Gasteiger partial charge in [-0.2, -0.15) is 5.26 Å². The Morgan fingerprint density at radius 3 is 2.81 bits per heavy atom. The second-order valence-electron chi connectivity index (χ2n) is 6.03. The van der Waals surface area contributed by atoms with Crippen molar-refractivity contribution in [3.63, 3.8) is 0 Å². The minimum atomic E-state index is 0. The number of allylic oxidation sites excluding steroid dienone is 1. The Kier molecular flexibility index (Phi) is 7.26. The van der Waals surface area contributed by atoms with Gasteiger partial charge in [0.1, 0.15) is 24.1 Å². The van der Waals surface area contributed by atoms with Crippen LogP contribution in [-0.4, -0.2) is 37.3 Å². The van der Waals surface area contributed by atoms with Gasteiger partial charge in [0.15, 0.2) is 5.58 Å². The molecule has 2 aromatic carbocycles. The number of likely N-dealkylation sites (N-methyl/N-ethyl adjacent to an activating group) is 1. The van der Waals surface area contributed by atoms with E-state index in [1.54, 1.807) is 24.3 Å². The summed E-state index contributed by atoms with van der Waals surface area (Å²) in [5.41, 5.74) is 2.24. The fourth-order valence-corrected chi connectivity index (χ4v) is 2.66.